The summed E-state index contributed by atoms with van der Waals surface area (Å²) in [5.41, 5.74) is 1.63. The van der Waals surface area contributed by atoms with E-state index in [4.69, 9.17) is 27.9 Å². The quantitative estimate of drug-likeness (QED) is 0.533. The second kappa shape index (κ2) is 9.41. The summed E-state index contributed by atoms with van der Waals surface area (Å²) in [5.74, 6) is -0.898. The lowest BCUT2D eigenvalue weighted by atomic mass is 10.2. The molecule has 0 aromatic heterocycles. The number of carbonyl (C=O) groups is 2. The summed E-state index contributed by atoms with van der Waals surface area (Å²) in [5, 5.41) is 0.934. The molecule has 26 heavy (non-hydrogen) atoms. The molecule has 0 bridgehead atoms. The number of hydrogen-bond acceptors (Lipinski definition) is 3. The fourth-order valence-electron chi connectivity index (χ4n) is 2.30. The Bertz CT molecular complexity index is 806. The summed E-state index contributed by atoms with van der Waals surface area (Å²) < 4.78 is 5.17. The van der Waals surface area contributed by atoms with Crippen molar-refractivity contribution in [2.45, 2.75) is 19.6 Å². The van der Waals surface area contributed by atoms with Crippen LogP contribution in [-0.2, 0) is 20.9 Å². The standard InChI is InChI=1S/C20H19Cl2NO3/c1-14(20(25)23(2)13-15-6-4-3-5-7-15)26-19(24)11-9-16-8-10-17(21)12-18(16)22/h3-12,14H,13H2,1-2H3/b11-9+/t14-/m1/s1. The first-order chi connectivity index (χ1) is 12.4. The van der Waals surface area contributed by atoms with Crippen molar-refractivity contribution in [2.24, 2.45) is 0 Å². The molecule has 2 aromatic carbocycles. The summed E-state index contributed by atoms with van der Waals surface area (Å²) in [6.07, 6.45) is 1.86. The van der Waals surface area contributed by atoms with Gasteiger partial charge in [-0.05, 0) is 36.3 Å². The normalized spacial score (nSPS) is 12.0. The maximum atomic E-state index is 12.3. The van der Waals surface area contributed by atoms with E-state index in [9.17, 15) is 9.59 Å². The Morgan fingerprint density at radius 3 is 2.50 bits per heavy atom. The molecule has 0 unspecified atom stereocenters. The van der Waals surface area contributed by atoms with Crippen LogP contribution in [0.4, 0.5) is 0 Å². The third-order valence-corrected chi connectivity index (χ3v) is 4.20. The summed E-state index contributed by atoms with van der Waals surface area (Å²) in [4.78, 5) is 25.8. The SMILES string of the molecule is C[C@@H](OC(=O)/C=C/c1ccc(Cl)cc1Cl)C(=O)N(C)Cc1ccccc1. The van der Waals surface area contributed by atoms with Crippen LogP contribution in [0.5, 0.6) is 0 Å². The van der Waals surface area contributed by atoms with E-state index < -0.39 is 12.1 Å². The van der Waals surface area contributed by atoms with Crippen LogP contribution in [0.3, 0.4) is 0 Å². The zero-order chi connectivity index (χ0) is 19.1. The average molecular weight is 392 g/mol. The molecule has 2 aromatic rings. The third kappa shape index (κ3) is 5.90. The van der Waals surface area contributed by atoms with Gasteiger partial charge >= 0.3 is 5.97 Å². The topological polar surface area (TPSA) is 46.6 Å². The highest BCUT2D eigenvalue weighted by Gasteiger charge is 2.20. The highest BCUT2D eigenvalue weighted by Crippen LogP contribution is 2.22. The zero-order valence-electron chi connectivity index (χ0n) is 14.5. The Hall–Kier alpha value is -2.30. The van der Waals surface area contributed by atoms with Crippen molar-refractivity contribution in [1.82, 2.24) is 4.90 Å². The molecule has 0 aliphatic rings. The van der Waals surface area contributed by atoms with Gasteiger partial charge in [0.2, 0.25) is 0 Å². The van der Waals surface area contributed by atoms with Gasteiger partial charge in [0.05, 0.1) is 0 Å². The highest BCUT2D eigenvalue weighted by atomic mass is 35.5. The van der Waals surface area contributed by atoms with Crippen molar-refractivity contribution in [3.63, 3.8) is 0 Å². The molecule has 4 nitrogen and oxygen atoms in total. The van der Waals surface area contributed by atoms with E-state index in [-0.39, 0.29) is 5.91 Å². The van der Waals surface area contributed by atoms with E-state index in [1.807, 2.05) is 30.3 Å². The Labute approximate surface area is 163 Å². The van der Waals surface area contributed by atoms with E-state index in [1.54, 1.807) is 32.2 Å². The number of esters is 1. The second-order valence-corrected chi connectivity index (χ2v) is 6.60. The van der Waals surface area contributed by atoms with Crippen molar-refractivity contribution in [3.05, 3.63) is 75.8 Å². The molecule has 0 saturated carbocycles. The summed E-state index contributed by atoms with van der Waals surface area (Å²) in [6.45, 7) is 1.99. The maximum absolute atomic E-state index is 12.3. The molecule has 0 fully saturated rings. The molecule has 136 valence electrons. The van der Waals surface area contributed by atoms with Gasteiger partial charge in [0, 0.05) is 29.7 Å². The number of amides is 1. The van der Waals surface area contributed by atoms with E-state index in [0.29, 0.717) is 22.2 Å². The van der Waals surface area contributed by atoms with Gasteiger partial charge < -0.3 is 9.64 Å². The first-order valence-electron chi connectivity index (χ1n) is 7.99. The van der Waals surface area contributed by atoms with Crippen molar-refractivity contribution in [1.29, 1.82) is 0 Å². The van der Waals surface area contributed by atoms with Crippen LogP contribution in [-0.4, -0.2) is 29.9 Å². The Balaban J connectivity index is 1.91. The summed E-state index contributed by atoms with van der Waals surface area (Å²) in [7, 11) is 1.67. The number of halogens is 2. The first-order valence-corrected chi connectivity index (χ1v) is 8.75. The molecule has 0 heterocycles. The largest absolute Gasteiger partial charge is 0.449 e. The second-order valence-electron chi connectivity index (χ2n) is 5.76. The van der Waals surface area contributed by atoms with E-state index >= 15 is 0 Å². The number of carbonyl (C=O) groups excluding carboxylic acids is 2. The number of benzene rings is 2. The minimum atomic E-state index is -0.887. The lowest BCUT2D eigenvalue weighted by Crippen LogP contribution is -2.36. The molecule has 6 heteroatoms. The van der Waals surface area contributed by atoms with Gasteiger partial charge in [0.25, 0.3) is 5.91 Å². The summed E-state index contributed by atoms with van der Waals surface area (Å²) in [6, 6.07) is 14.5. The van der Waals surface area contributed by atoms with Gasteiger partial charge in [-0.25, -0.2) is 4.79 Å². The van der Waals surface area contributed by atoms with Crippen LogP contribution in [0.15, 0.2) is 54.6 Å². The number of rotatable bonds is 6. The van der Waals surface area contributed by atoms with Crippen LogP contribution in [0.1, 0.15) is 18.1 Å². The maximum Gasteiger partial charge on any atom is 0.331 e. The molecule has 0 N–H and O–H groups in total. The van der Waals surface area contributed by atoms with Gasteiger partial charge in [-0.2, -0.15) is 0 Å². The monoisotopic (exact) mass is 391 g/mol. The van der Waals surface area contributed by atoms with Gasteiger partial charge in [0.1, 0.15) is 0 Å². The Kier molecular flexibility index (Phi) is 7.25. The molecule has 0 spiro atoms. The van der Waals surface area contributed by atoms with Crippen molar-refractivity contribution < 1.29 is 14.3 Å². The average Bonchev–Trinajstić information content (AvgIpc) is 2.61. The van der Waals surface area contributed by atoms with E-state index in [2.05, 4.69) is 0 Å². The fraction of sp³-hybridized carbons (Fsp3) is 0.200. The van der Waals surface area contributed by atoms with Gasteiger partial charge in [-0.1, -0.05) is 59.6 Å². The van der Waals surface area contributed by atoms with Gasteiger partial charge in [0.15, 0.2) is 6.10 Å². The van der Waals surface area contributed by atoms with Crippen LogP contribution >= 0.6 is 23.2 Å². The van der Waals surface area contributed by atoms with Crippen molar-refractivity contribution >= 4 is 41.2 Å². The number of nitrogens with zero attached hydrogens (tertiary/aromatic N) is 1. The molecular weight excluding hydrogens is 373 g/mol. The molecule has 0 aliphatic carbocycles. The predicted octanol–water partition coefficient (Wildman–Crippen LogP) is 4.60. The fourth-order valence-corrected chi connectivity index (χ4v) is 2.78. The van der Waals surface area contributed by atoms with E-state index in [1.165, 1.54) is 17.1 Å². The minimum Gasteiger partial charge on any atom is -0.449 e. The van der Waals surface area contributed by atoms with E-state index in [0.717, 1.165) is 5.56 Å². The lowest BCUT2D eigenvalue weighted by molar-refractivity contribution is -0.154. The van der Waals surface area contributed by atoms with Gasteiger partial charge in [-0.15, -0.1) is 0 Å². The minimum absolute atomic E-state index is 0.278. The van der Waals surface area contributed by atoms with Gasteiger partial charge in [-0.3, -0.25) is 4.79 Å². The molecule has 0 aliphatic heterocycles. The predicted molar refractivity (Wildman–Crippen MR) is 104 cm³/mol. The smallest absolute Gasteiger partial charge is 0.331 e. The Morgan fingerprint density at radius 1 is 1.15 bits per heavy atom. The molecule has 1 amide bonds. The third-order valence-electron chi connectivity index (χ3n) is 3.64. The number of likely N-dealkylation sites (N-methyl/N-ethyl adjacent to an activating group) is 1. The van der Waals surface area contributed by atoms with Crippen LogP contribution in [0.25, 0.3) is 6.08 Å². The molecule has 1 atom stereocenters. The molecule has 0 radical (unpaired) electrons. The first kappa shape index (κ1) is 20.0. The molecule has 0 saturated heterocycles. The Morgan fingerprint density at radius 2 is 1.85 bits per heavy atom. The van der Waals surface area contributed by atoms with Crippen molar-refractivity contribution in [2.75, 3.05) is 7.05 Å². The summed E-state index contributed by atoms with van der Waals surface area (Å²) >= 11 is 11.9. The van der Waals surface area contributed by atoms with Crippen molar-refractivity contribution in [3.8, 4) is 0 Å². The zero-order valence-corrected chi connectivity index (χ0v) is 16.0. The molecule has 2 rings (SSSR count). The molecular formula is C20H19Cl2NO3. The highest BCUT2D eigenvalue weighted by molar-refractivity contribution is 6.35. The number of hydrogen-bond donors (Lipinski definition) is 0. The van der Waals surface area contributed by atoms with Crippen LogP contribution < -0.4 is 0 Å². The lowest BCUT2D eigenvalue weighted by Gasteiger charge is -2.21. The number of ether oxygens (including phenoxy) is 1. The van der Waals surface area contributed by atoms with Crippen LogP contribution in [0, 0.1) is 0 Å². The van der Waals surface area contributed by atoms with Crippen LogP contribution in [0.2, 0.25) is 10.0 Å².